The molecule has 2 amide bonds. The Labute approximate surface area is 201 Å². The lowest BCUT2D eigenvalue weighted by atomic mass is 9.96. The number of halogens is 4. The number of fused-ring (bicyclic) bond motifs is 1. The van der Waals surface area contributed by atoms with Crippen molar-refractivity contribution in [2.75, 3.05) is 25.0 Å². The van der Waals surface area contributed by atoms with Gasteiger partial charge in [-0.25, -0.2) is 14.4 Å². The maximum Gasteiger partial charge on any atom is 0.471 e. The van der Waals surface area contributed by atoms with Gasteiger partial charge in [0.2, 0.25) is 5.95 Å². The summed E-state index contributed by atoms with van der Waals surface area (Å²) in [7, 11) is 0. The Morgan fingerprint density at radius 2 is 1.97 bits per heavy atom. The maximum atomic E-state index is 13.5. The molecular weight excluding hydrogens is 488 g/mol. The van der Waals surface area contributed by atoms with Crippen molar-refractivity contribution in [3.8, 4) is 0 Å². The summed E-state index contributed by atoms with van der Waals surface area (Å²) in [6.45, 7) is 3.91. The molecule has 3 aromatic rings. The number of likely N-dealkylation sites (tertiary alicyclic amines) is 1. The van der Waals surface area contributed by atoms with Gasteiger partial charge in [-0.05, 0) is 43.9 Å². The average Bonchev–Trinajstić information content (AvgIpc) is 3.13. The van der Waals surface area contributed by atoms with Crippen LogP contribution in [0.5, 0.6) is 0 Å². The highest BCUT2D eigenvalue weighted by molar-refractivity contribution is 7.19. The summed E-state index contributed by atoms with van der Waals surface area (Å²) in [5.41, 5.74) is 1.34. The number of carbonyl (C=O) groups is 2. The highest BCUT2D eigenvalue weighted by Crippen LogP contribution is 2.29. The van der Waals surface area contributed by atoms with Crippen molar-refractivity contribution in [1.82, 2.24) is 25.2 Å². The molecule has 0 unspecified atom stereocenters. The highest BCUT2D eigenvalue weighted by atomic mass is 32.1. The molecule has 1 aliphatic rings. The lowest BCUT2D eigenvalue weighted by molar-refractivity contribution is -0.191. The van der Waals surface area contributed by atoms with Crippen LogP contribution in [-0.2, 0) is 4.79 Å². The van der Waals surface area contributed by atoms with Crippen LogP contribution in [0.15, 0.2) is 24.5 Å². The van der Waals surface area contributed by atoms with E-state index >= 15 is 0 Å². The minimum Gasteiger partial charge on any atom is -0.351 e. The number of aromatic nitrogens is 3. The minimum absolute atomic E-state index is 0.0109. The number of nitrogens with zero attached hydrogens (tertiary/aromatic N) is 4. The van der Waals surface area contributed by atoms with Gasteiger partial charge in [0.05, 0.1) is 22.5 Å². The van der Waals surface area contributed by atoms with E-state index in [2.05, 4.69) is 25.6 Å². The average molecular weight is 511 g/mol. The second-order valence-corrected chi connectivity index (χ2v) is 9.64. The predicted octanol–water partition coefficient (Wildman–Crippen LogP) is 3.85. The van der Waals surface area contributed by atoms with Crippen molar-refractivity contribution in [3.63, 3.8) is 0 Å². The number of alkyl halides is 3. The van der Waals surface area contributed by atoms with E-state index in [0.29, 0.717) is 22.2 Å². The van der Waals surface area contributed by atoms with Gasteiger partial charge in [0.25, 0.3) is 5.91 Å². The number of hydrogen-bond donors (Lipinski definition) is 2. The number of thiophene rings is 1. The number of aryl methyl sites for hydroxylation is 1. The molecule has 0 bridgehead atoms. The predicted molar refractivity (Wildman–Crippen MR) is 121 cm³/mol. The molecule has 4 rings (SSSR count). The zero-order valence-electron chi connectivity index (χ0n) is 18.8. The Morgan fingerprint density at radius 3 is 2.66 bits per heavy atom. The Morgan fingerprint density at radius 1 is 1.23 bits per heavy atom. The number of hydrogen-bond acceptors (Lipinski definition) is 7. The normalized spacial score (nSPS) is 15.1. The fourth-order valence-corrected chi connectivity index (χ4v) is 4.72. The lowest BCUT2D eigenvalue weighted by Gasteiger charge is -2.39. The second kappa shape index (κ2) is 9.72. The van der Waals surface area contributed by atoms with Gasteiger partial charge in [-0.15, -0.1) is 11.3 Å². The summed E-state index contributed by atoms with van der Waals surface area (Å²) in [5, 5.41) is 5.83. The Kier molecular flexibility index (Phi) is 6.88. The van der Waals surface area contributed by atoms with Crippen molar-refractivity contribution in [1.29, 1.82) is 0 Å². The van der Waals surface area contributed by atoms with E-state index in [1.807, 2.05) is 13.0 Å². The molecule has 1 atom stereocenters. The number of nitrogens with one attached hydrogen (secondary N) is 2. The number of amides is 2. The first-order chi connectivity index (χ1) is 16.5. The first kappa shape index (κ1) is 24.8. The fraction of sp³-hybridized carbons (Fsp3) is 0.409. The molecule has 0 radical (unpaired) electrons. The largest absolute Gasteiger partial charge is 0.471 e. The van der Waals surface area contributed by atoms with Crippen molar-refractivity contribution >= 4 is 39.3 Å². The van der Waals surface area contributed by atoms with Crippen LogP contribution in [0, 0.1) is 18.7 Å². The highest BCUT2D eigenvalue weighted by Gasteiger charge is 2.46. The first-order valence-electron chi connectivity index (χ1n) is 10.8. The fourth-order valence-electron chi connectivity index (χ4n) is 3.78. The van der Waals surface area contributed by atoms with Crippen LogP contribution in [0.4, 0.5) is 23.5 Å². The van der Waals surface area contributed by atoms with Crippen LogP contribution in [-0.4, -0.2) is 57.5 Å². The molecule has 1 aliphatic heterocycles. The third kappa shape index (κ3) is 5.66. The second-order valence-electron chi connectivity index (χ2n) is 8.39. The smallest absolute Gasteiger partial charge is 0.351 e. The summed E-state index contributed by atoms with van der Waals surface area (Å²) >= 11 is 1.37. The van der Waals surface area contributed by atoms with E-state index in [0.717, 1.165) is 16.0 Å². The van der Waals surface area contributed by atoms with Crippen molar-refractivity contribution in [3.05, 3.63) is 46.5 Å². The Bertz CT molecular complexity index is 1260. The third-order valence-electron chi connectivity index (χ3n) is 5.61. The van der Waals surface area contributed by atoms with E-state index in [4.69, 9.17) is 0 Å². The summed E-state index contributed by atoms with van der Waals surface area (Å²) in [6, 6.07) is 2.79. The van der Waals surface area contributed by atoms with Gasteiger partial charge in [-0.1, -0.05) is 0 Å². The molecule has 13 heteroatoms. The van der Waals surface area contributed by atoms with Crippen LogP contribution in [0.25, 0.3) is 10.2 Å². The van der Waals surface area contributed by atoms with Gasteiger partial charge < -0.3 is 15.5 Å². The minimum atomic E-state index is -4.87. The Balaban J connectivity index is 1.41. The zero-order valence-corrected chi connectivity index (χ0v) is 19.6. The van der Waals surface area contributed by atoms with Crippen LogP contribution in [0.1, 0.15) is 40.3 Å². The molecule has 3 aromatic heterocycles. The van der Waals surface area contributed by atoms with Gasteiger partial charge in [0.1, 0.15) is 5.82 Å². The number of carbonyl (C=O) groups excluding carboxylic acids is 2. The van der Waals surface area contributed by atoms with Gasteiger partial charge in [-0.2, -0.15) is 13.2 Å². The number of pyridine rings is 1. The molecule has 1 fully saturated rings. The van der Waals surface area contributed by atoms with Crippen LogP contribution >= 0.6 is 11.3 Å². The van der Waals surface area contributed by atoms with Gasteiger partial charge >= 0.3 is 12.1 Å². The molecule has 2 N–H and O–H groups in total. The van der Waals surface area contributed by atoms with Gasteiger partial charge in [0.15, 0.2) is 5.69 Å². The van der Waals surface area contributed by atoms with Crippen LogP contribution < -0.4 is 10.6 Å². The molecule has 1 saturated heterocycles. The SMILES string of the molecule is Cc1cc2nc(N[C@@H](C)c3cncc(F)c3)nc(C(=O)NCCC3CN(C(=O)C(F)(F)F)C3)c2s1. The van der Waals surface area contributed by atoms with Crippen LogP contribution in [0.3, 0.4) is 0 Å². The molecule has 4 heterocycles. The molecule has 0 spiro atoms. The lowest BCUT2D eigenvalue weighted by Crippen LogP contribution is -2.54. The molecule has 0 aromatic carbocycles. The van der Waals surface area contributed by atoms with Crippen molar-refractivity contribution in [2.24, 2.45) is 5.92 Å². The quantitative estimate of drug-likeness (QED) is 0.469. The molecule has 0 saturated carbocycles. The van der Waals surface area contributed by atoms with E-state index in [1.54, 1.807) is 6.92 Å². The van der Waals surface area contributed by atoms with E-state index in [1.165, 1.54) is 23.6 Å². The number of rotatable bonds is 7. The molecule has 35 heavy (non-hydrogen) atoms. The summed E-state index contributed by atoms with van der Waals surface area (Å²) < 4.78 is 51.5. The zero-order chi connectivity index (χ0) is 25.3. The van der Waals surface area contributed by atoms with E-state index in [9.17, 15) is 27.2 Å². The van der Waals surface area contributed by atoms with Crippen LogP contribution in [0.2, 0.25) is 0 Å². The summed E-state index contributed by atoms with van der Waals surface area (Å²) in [6.07, 6.45) is -1.82. The Hall–Kier alpha value is -3.35. The number of anilines is 1. The van der Waals surface area contributed by atoms with E-state index in [-0.39, 0.29) is 43.2 Å². The van der Waals surface area contributed by atoms with Crippen molar-refractivity contribution in [2.45, 2.75) is 32.5 Å². The van der Waals surface area contributed by atoms with Gasteiger partial charge in [-0.3, -0.25) is 14.6 Å². The standard InChI is InChI=1S/C22H22F4N6O2S/c1-11-5-16-18(35-11)17(31-21(30-16)29-12(2)14-6-15(23)8-27-7-14)19(33)28-4-3-13-9-32(10-13)20(34)22(24,25)26/h5-8,12-13H,3-4,9-10H2,1-2H3,(H,28,33)(H,29,30,31)/t12-/m0/s1. The molecular formula is C22H22F4N6O2S. The van der Waals surface area contributed by atoms with Gasteiger partial charge in [0, 0.05) is 30.7 Å². The summed E-state index contributed by atoms with van der Waals surface area (Å²) in [4.78, 5) is 38.5. The molecule has 186 valence electrons. The third-order valence-corrected chi connectivity index (χ3v) is 6.65. The monoisotopic (exact) mass is 510 g/mol. The van der Waals surface area contributed by atoms with Crippen molar-refractivity contribution < 1.29 is 27.2 Å². The molecule has 0 aliphatic carbocycles. The topological polar surface area (TPSA) is 100 Å². The maximum absolute atomic E-state index is 13.5. The van der Waals surface area contributed by atoms with E-state index < -0.39 is 23.8 Å². The summed E-state index contributed by atoms with van der Waals surface area (Å²) in [5.74, 6) is -2.67. The molecule has 8 nitrogen and oxygen atoms in total. The first-order valence-corrected chi connectivity index (χ1v) is 11.6.